The van der Waals surface area contributed by atoms with Crippen molar-refractivity contribution in [3.05, 3.63) is 35.4 Å². The maximum Gasteiger partial charge on any atom is 0.319 e. The molecule has 0 aromatic heterocycles. The van der Waals surface area contributed by atoms with E-state index < -0.39 is 11.4 Å². The summed E-state index contributed by atoms with van der Waals surface area (Å²) in [5, 5.41) is 0. The van der Waals surface area contributed by atoms with Gasteiger partial charge in [-0.2, -0.15) is 0 Å². The minimum atomic E-state index is -1.14. The molecule has 0 fully saturated rings. The van der Waals surface area contributed by atoms with Crippen LogP contribution in [-0.2, 0) is 9.53 Å². The quantitative estimate of drug-likeness (QED) is 0.457. The molecule has 1 aromatic rings. The molecule has 0 aliphatic carbocycles. The second kappa shape index (κ2) is 5.13. The maximum atomic E-state index is 12.3. The van der Waals surface area contributed by atoms with Gasteiger partial charge in [0, 0.05) is 5.56 Å². The monoisotopic (exact) mass is 234 g/mol. The molecule has 0 aliphatic heterocycles. The van der Waals surface area contributed by atoms with Crippen LogP contribution in [0, 0.1) is 12.3 Å². The van der Waals surface area contributed by atoms with Crippen molar-refractivity contribution in [2.24, 2.45) is 5.41 Å². The van der Waals surface area contributed by atoms with Crippen LogP contribution in [0.1, 0.15) is 36.7 Å². The molecule has 0 radical (unpaired) electrons. The third-order valence-electron chi connectivity index (χ3n) is 2.74. The fraction of sp³-hybridized carbons (Fsp3) is 0.429. The van der Waals surface area contributed by atoms with Crippen molar-refractivity contribution in [1.29, 1.82) is 0 Å². The van der Waals surface area contributed by atoms with Crippen LogP contribution in [0.25, 0.3) is 0 Å². The SMILES string of the molecule is CCOC(=O)C(C)(C)C(=O)c1ccccc1C. The Morgan fingerprint density at radius 3 is 2.35 bits per heavy atom. The zero-order chi connectivity index (χ0) is 13.1. The molecule has 0 saturated heterocycles. The van der Waals surface area contributed by atoms with Crippen LogP contribution in [0.2, 0.25) is 0 Å². The van der Waals surface area contributed by atoms with Crippen LogP contribution in [0.3, 0.4) is 0 Å². The summed E-state index contributed by atoms with van der Waals surface area (Å²) in [6.07, 6.45) is 0. The Labute approximate surface area is 102 Å². The lowest BCUT2D eigenvalue weighted by Crippen LogP contribution is -2.35. The highest BCUT2D eigenvalue weighted by Crippen LogP contribution is 2.25. The third kappa shape index (κ3) is 2.73. The van der Waals surface area contributed by atoms with Gasteiger partial charge in [-0.15, -0.1) is 0 Å². The molecule has 0 amide bonds. The molecule has 0 unspecified atom stereocenters. The number of rotatable bonds is 4. The second-order valence-corrected chi connectivity index (χ2v) is 4.49. The number of carbonyl (C=O) groups excluding carboxylic acids is 2. The van der Waals surface area contributed by atoms with Crippen molar-refractivity contribution in [1.82, 2.24) is 0 Å². The molecule has 0 aliphatic rings. The highest BCUT2D eigenvalue weighted by molar-refractivity contribution is 6.12. The van der Waals surface area contributed by atoms with Gasteiger partial charge in [-0.3, -0.25) is 9.59 Å². The van der Waals surface area contributed by atoms with E-state index in [4.69, 9.17) is 4.74 Å². The molecular weight excluding hydrogens is 216 g/mol. The maximum absolute atomic E-state index is 12.3. The number of Topliss-reactive ketones (excluding diaryl/α,β-unsaturated/α-hetero) is 1. The Kier molecular flexibility index (Phi) is 4.05. The Morgan fingerprint density at radius 1 is 1.24 bits per heavy atom. The summed E-state index contributed by atoms with van der Waals surface area (Å²) >= 11 is 0. The predicted molar refractivity (Wildman–Crippen MR) is 65.9 cm³/mol. The number of esters is 1. The molecule has 92 valence electrons. The van der Waals surface area contributed by atoms with Gasteiger partial charge in [-0.25, -0.2) is 0 Å². The zero-order valence-electron chi connectivity index (χ0n) is 10.7. The number of ether oxygens (including phenoxy) is 1. The summed E-state index contributed by atoms with van der Waals surface area (Å²) in [7, 11) is 0. The van der Waals surface area contributed by atoms with Gasteiger partial charge >= 0.3 is 5.97 Å². The molecule has 1 rings (SSSR count). The van der Waals surface area contributed by atoms with Crippen LogP contribution in [0.5, 0.6) is 0 Å². The molecule has 0 bridgehead atoms. The lowest BCUT2D eigenvalue weighted by atomic mass is 9.83. The normalized spacial score (nSPS) is 11.1. The summed E-state index contributed by atoms with van der Waals surface area (Å²) in [6, 6.07) is 7.25. The van der Waals surface area contributed by atoms with Gasteiger partial charge < -0.3 is 4.74 Å². The van der Waals surface area contributed by atoms with Gasteiger partial charge in [0.15, 0.2) is 5.78 Å². The second-order valence-electron chi connectivity index (χ2n) is 4.49. The van der Waals surface area contributed by atoms with E-state index in [0.717, 1.165) is 5.56 Å². The first kappa shape index (κ1) is 13.4. The summed E-state index contributed by atoms with van der Waals surface area (Å²) in [6.45, 7) is 7.06. The van der Waals surface area contributed by atoms with E-state index in [1.54, 1.807) is 32.9 Å². The predicted octanol–water partition coefficient (Wildman–Crippen LogP) is 2.77. The van der Waals surface area contributed by atoms with E-state index in [9.17, 15) is 9.59 Å². The van der Waals surface area contributed by atoms with E-state index in [0.29, 0.717) is 5.56 Å². The largest absolute Gasteiger partial charge is 0.465 e. The molecule has 3 nitrogen and oxygen atoms in total. The van der Waals surface area contributed by atoms with Gasteiger partial charge in [-0.05, 0) is 33.3 Å². The molecule has 17 heavy (non-hydrogen) atoms. The fourth-order valence-corrected chi connectivity index (χ4v) is 1.57. The first-order chi connectivity index (χ1) is 7.91. The Hall–Kier alpha value is -1.64. The topological polar surface area (TPSA) is 43.4 Å². The molecule has 0 spiro atoms. The molecule has 0 N–H and O–H groups in total. The number of ketones is 1. The number of hydrogen-bond acceptors (Lipinski definition) is 3. The van der Waals surface area contributed by atoms with Crippen LogP contribution < -0.4 is 0 Å². The fourth-order valence-electron chi connectivity index (χ4n) is 1.57. The molecule has 1 aromatic carbocycles. The van der Waals surface area contributed by atoms with E-state index in [1.165, 1.54) is 0 Å². The minimum absolute atomic E-state index is 0.200. The third-order valence-corrected chi connectivity index (χ3v) is 2.74. The Morgan fingerprint density at radius 2 is 1.82 bits per heavy atom. The molecule has 0 atom stereocenters. The van der Waals surface area contributed by atoms with Crippen molar-refractivity contribution in [3.63, 3.8) is 0 Å². The summed E-state index contributed by atoms with van der Waals surface area (Å²) in [5.41, 5.74) is 0.308. The van der Waals surface area contributed by atoms with Gasteiger partial charge in [0.1, 0.15) is 5.41 Å². The smallest absolute Gasteiger partial charge is 0.319 e. The van der Waals surface area contributed by atoms with Crippen molar-refractivity contribution >= 4 is 11.8 Å². The highest BCUT2D eigenvalue weighted by Gasteiger charge is 2.38. The van der Waals surface area contributed by atoms with Crippen LogP contribution in [0.15, 0.2) is 24.3 Å². The standard InChI is InChI=1S/C14H18O3/c1-5-17-13(16)14(3,4)12(15)11-9-7-6-8-10(11)2/h6-9H,5H2,1-4H3. The van der Waals surface area contributed by atoms with Crippen molar-refractivity contribution in [3.8, 4) is 0 Å². The molecule has 3 heteroatoms. The number of aryl methyl sites for hydroxylation is 1. The first-order valence-corrected chi connectivity index (χ1v) is 5.69. The van der Waals surface area contributed by atoms with Crippen LogP contribution >= 0.6 is 0 Å². The van der Waals surface area contributed by atoms with Gasteiger partial charge in [0.25, 0.3) is 0 Å². The summed E-state index contributed by atoms with van der Waals surface area (Å²) < 4.78 is 4.93. The highest BCUT2D eigenvalue weighted by atomic mass is 16.5. The van der Waals surface area contributed by atoms with Crippen molar-refractivity contribution in [2.75, 3.05) is 6.61 Å². The molecular formula is C14H18O3. The average molecular weight is 234 g/mol. The zero-order valence-corrected chi connectivity index (χ0v) is 10.7. The number of hydrogen-bond donors (Lipinski definition) is 0. The van der Waals surface area contributed by atoms with E-state index in [-0.39, 0.29) is 12.4 Å². The van der Waals surface area contributed by atoms with E-state index in [2.05, 4.69) is 0 Å². The van der Waals surface area contributed by atoms with Gasteiger partial charge in [0.05, 0.1) is 6.61 Å². The minimum Gasteiger partial charge on any atom is -0.465 e. The Bertz CT molecular complexity index is 433. The van der Waals surface area contributed by atoms with E-state index >= 15 is 0 Å². The number of carbonyl (C=O) groups is 2. The van der Waals surface area contributed by atoms with Crippen molar-refractivity contribution < 1.29 is 14.3 Å². The first-order valence-electron chi connectivity index (χ1n) is 5.69. The number of benzene rings is 1. The summed E-state index contributed by atoms with van der Waals surface area (Å²) in [5.74, 6) is -0.678. The lowest BCUT2D eigenvalue weighted by molar-refractivity contribution is -0.150. The van der Waals surface area contributed by atoms with Gasteiger partial charge in [0.2, 0.25) is 0 Å². The molecule has 0 heterocycles. The van der Waals surface area contributed by atoms with Crippen LogP contribution in [0.4, 0.5) is 0 Å². The van der Waals surface area contributed by atoms with Gasteiger partial charge in [-0.1, -0.05) is 24.3 Å². The Balaban J connectivity index is 3.05. The molecule has 0 saturated carbocycles. The average Bonchev–Trinajstić information content (AvgIpc) is 2.29. The van der Waals surface area contributed by atoms with E-state index in [1.807, 2.05) is 19.1 Å². The lowest BCUT2D eigenvalue weighted by Gasteiger charge is -2.21. The van der Waals surface area contributed by atoms with Crippen LogP contribution in [-0.4, -0.2) is 18.4 Å². The summed E-state index contributed by atoms with van der Waals surface area (Å²) in [4.78, 5) is 24.1. The van der Waals surface area contributed by atoms with Crippen molar-refractivity contribution in [2.45, 2.75) is 27.7 Å².